The summed E-state index contributed by atoms with van der Waals surface area (Å²) in [5.41, 5.74) is 0.793. The summed E-state index contributed by atoms with van der Waals surface area (Å²) in [6.07, 6.45) is -4.02. The molecule has 1 aromatic carbocycles. The van der Waals surface area contributed by atoms with Crippen molar-refractivity contribution in [1.82, 2.24) is 0 Å². The van der Waals surface area contributed by atoms with Crippen LogP contribution in [0.3, 0.4) is 0 Å². The number of hydrogen-bond donors (Lipinski definition) is 5. The van der Waals surface area contributed by atoms with Crippen LogP contribution in [0.2, 0.25) is 0 Å². The van der Waals surface area contributed by atoms with E-state index >= 15 is 0 Å². The van der Waals surface area contributed by atoms with E-state index in [1.54, 1.807) is 24.3 Å². The van der Waals surface area contributed by atoms with Crippen LogP contribution < -0.4 is 0 Å². The summed E-state index contributed by atoms with van der Waals surface area (Å²) < 4.78 is 4.72. The van der Waals surface area contributed by atoms with E-state index in [4.69, 9.17) is 14.9 Å². The van der Waals surface area contributed by atoms with Gasteiger partial charge in [0.15, 0.2) is 0 Å². The molecule has 22 heavy (non-hydrogen) atoms. The standard InChI is InChI=1S/C15H20O7/c16-8-11(17)14(20)15(21)12(18)9-22-13(19)7-6-10-4-2-1-3-5-10/h1-7,11-12,14-18,20-21H,8-9H2/t11-,12-,14-,15+/m1/s1. The molecule has 0 aliphatic heterocycles. The maximum Gasteiger partial charge on any atom is 0.330 e. The molecular weight excluding hydrogens is 292 g/mol. The Morgan fingerprint density at radius 2 is 1.64 bits per heavy atom. The maximum atomic E-state index is 11.4. The van der Waals surface area contributed by atoms with Crippen molar-refractivity contribution in [2.24, 2.45) is 0 Å². The summed E-state index contributed by atoms with van der Waals surface area (Å²) in [5, 5.41) is 46.3. The lowest BCUT2D eigenvalue weighted by atomic mass is 10.0. The third-order valence-corrected chi connectivity index (χ3v) is 2.93. The zero-order chi connectivity index (χ0) is 16.5. The van der Waals surface area contributed by atoms with E-state index in [1.165, 1.54) is 6.08 Å². The second-order valence-corrected chi connectivity index (χ2v) is 4.67. The van der Waals surface area contributed by atoms with Crippen LogP contribution in [0.15, 0.2) is 36.4 Å². The number of aliphatic hydroxyl groups is 5. The van der Waals surface area contributed by atoms with Crippen LogP contribution in [0.25, 0.3) is 6.08 Å². The fourth-order valence-electron chi connectivity index (χ4n) is 1.61. The first-order valence-electron chi connectivity index (χ1n) is 6.68. The molecule has 0 aromatic heterocycles. The quantitative estimate of drug-likeness (QED) is 0.297. The SMILES string of the molecule is O=C(C=Cc1ccccc1)OC[C@@H](O)[C@H](O)[C@H](O)[C@H](O)CO. The van der Waals surface area contributed by atoms with E-state index in [1.807, 2.05) is 6.07 Å². The van der Waals surface area contributed by atoms with Crippen LogP contribution >= 0.6 is 0 Å². The van der Waals surface area contributed by atoms with E-state index in [2.05, 4.69) is 0 Å². The Balaban J connectivity index is 2.41. The van der Waals surface area contributed by atoms with Gasteiger partial charge < -0.3 is 30.3 Å². The number of rotatable bonds is 8. The van der Waals surface area contributed by atoms with Gasteiger partial charge in [0.2, 0.25) is 0 Å². The highest BCUT2D eigenvalue weighted by molar-refractivity contribution is 5.87. The van der Waals surface area contributed by atoms with Gasteiger partial charge in [-0.25, -0.2) is 4.79 Å². The Morgan fingerprint density at radius 1 is 1.05 bits per heavy atom. The monoisotopic (exact) mass is 312 g/mol. The van der Waals surface area contributed by atoms with Gasteiger partial charge in [0, 0.05) is 6.08 Å². The highest BCUT2D eigenvalue weighted by Crippen LogP contribution is 2.06. The average molecular weight is 312 g/mol. The minimum Gasteiger partial charge on any atom is -0.460 e. The first-order valence-corrected chi connectivity index (χ1v) is 6.68. The molecule has 0 aliphatic rings. The Kier molecular flexibility index (Phi) is 7.72. The second-order valence-electron chi connectivity index (χ2n) is 4.67. The highest BCUT2D eigenvalue weighted by Gasteiger charge is 2.30. The van der Waals surface area contributed by atoms with Gasteiger partial charge in [0.05, 0.1) is 6.61 Å². The number of benzene rings is 1. The minimum absolute atomic E-state index is 0.561. The van der Waals surface area contributed by atoms with Crippen molar-refractivity contribution in [3.63, 3.8) is 0 Å². The Bertz CT molecular complexity index is 474. The Hall–Kier alpha value is -1.77. The fraction of sp³-hybridized carbons (Fsp3) is 0.400. The maximum absolute atomic E-state index is 11.4. The van der Waals surface area contributed by atoms with E-state index in [-0.39, 0.29) is 0 Å². The summed E-state index contributed by atoms with van der Waals surface area (Å²) >= 11 is 0. The molecule has 0 unspecified atom stereocenters. The fourth-order valence-corrected chi connectivity index (χ4v) is 1.61. The molecule has 1 rings (SSSR count). The van der Waals surface area contributed by atoms with Gasteiger partial charge in [-0.2, -0.15) is 0 Å². The predicted molar refractivity (Wildman–Crippen MR) is 77.5 cm³/mol. The van der Waals surface area contributed by atoms with Gasteiger partial charge in [-0.3, -0.25) is 0 Å². The third kappa shape index (κ3) is 5.92. The lowest BCUT2D eigenvalue weighted by molar-refractivity contribution is -0.151. The second kappa shape index (κ2) is 9.29. The van der Waals surface area contributed by atoms with Crippen molar-refractivity contribution in [1.29, 1.82) is 0 Å². The molecule has 1 aromatic rings. The molecule has 0 saturated carbocycles. The Labute approximate surface area is 127 Å². The summed E-state index contributed by atoms with van der Waals surface area (Å²) in [6.45, 7) is -1.33. The van der Waals surface area contributed by atoms with Crippen molar-refractivity contribution in [3.8, 4) is 0 Å². The molecule has 7 heteroatoms. The summed E-state index contributed by atoms with van der Waals surface area (Å²) in [7, 11) is 0. The molecule has 4 atom stereocenters. The topological polar surface area (TPSA) is 127 Å². The number of hydrogen-bond acceptors (Lipinski definition) is 7. The molecule has 0 amide bonds. The van der Waals surface area contributed by atoms with Crippen LogP contribution in [0.1, 0.15) is 5.56 Å². The van der Waals surface area contributed by atoms with Crippen LogP contribution in [-0.2, 0) is 9.53 Å². The van der Waals surface area contributed by atoms with Gasteiger partial charge in [-0.05, 0) is 11.6 Å². The molecule has 0 saturated heterocycles. The lowest BCUT2D eigenvalue weighted by Crippen LogP contribution is -2.47. The van der Waals surface area contributed by atoms with Gasteiger partial charge in [-0.1, -0.05) is 30.3 Å². The van der Waals surface area contributed by atoms with E-state index < -0.39 is 43.6 Å². The molecule has 0 bridgehead atoms. The molecule has 0 heterocycles. The van der Waals surface area contributed by atoms with E-state index in [0.717, 1.165) is 11.6 Å². The predicted octanol–water partition coefficient (Wildman–Crippen LogP) is -1.32. The average Bonchev–Trinajstić information content (AvgIpc) is 2.56. The van der Waals surface area contributed by atoms with Crippen LogP contribution in [0, 0.1) is 0 Å². The molecule has 7 nitrogen and oxygen atoms in total. The smallest absolute Gasteiger partial charge is 0.330 e. The van der Waals surface area contributed by atoms with E-state index in [9.17, 15) is 20.1 Å². The number of ether oxygens (including phenoxy) is 1. The van der Waals surface area contributed by atoms with Crippen LogP contribution in [0.4, 0.5) is 0 Å². The first-order chi connectivity index (χ1) is 10.5. The number of aliphatic hydroxyl groups excluding tert-OH is 5. The van der Waals surface area contributed by atoms with Crippen molar-refractivity contribution in [3.05, 3.63) is 42.0 Å². The number of carbonyl (C=O) groups excluding carboxylic acids is 1. The zero-order valence-electron chi connectivity index (χ0n) is 11.8. The third-order valence-electron chi connectivity index (χ3n) is 2.93. The summed E-state index contributed by atoms with van der Waals surface area (Å²) in [5.74, 6) is -0.729. The normalized spacial score (nSPS) is 17.0. The number of esters is 1. The van der Waals surface area contributed by atoms with Crippen molar-refractivity contribution >= 4 is 12.0 Å². The number of carbonyl (C=O) groups is 1. The van der Waals surface area contributed by atoms with Crippen molar-refractivity contribution < 1.29 is 35.1 Å². The first kappa shape index (κ1) is 18.3. The Morgan fingerprint density at radius 3 is 2.23 bits per heavy atom. The van der Waals surface area contributed by atoms with Gasteiger partial charge in [0.1, 0.15) is 31.0 Å². The minimum atomic E-state index is -1.76. The van der Waals surface area contributed by atoms with Crippen LogP contribution in [-0.4, -0.2) is 69.1 Å². The van der Waals surface area contributed by atoms with Gasteiger partial charge in [0.25, 0.3) is 0 Å². The molecule has 0 radical (unpaired) electrons. The van der Waals surface area contributed by atoms with Crippen molar-refractivity contribution in [2.75, 3.05) is 13.2 Å². The highest BCUT2D eigenvalue weighted by atomic mass is 16.5. The van der Waals surface area contributed by atoms with Gasteiger partial charge in [-0.15, -0.1) is 0 Å². The summed E-state index contributed by atoms with van der Waals surface area (Å²) in [6, 6.07) is 9.02. The lowest BCUT2D eigenvalue weighted by Gasteiger charge is -2.25. The largest absolute Gasteiger partial charge is 0.460 e. The zero-order valence-corrected chi connectivity index (χ0v) is 11.8. The summed E-state index contributed by atoms with van der Waals surface area (Å²) in [4.78, 5) is 11.4. The van der Waals surface area contributed by atoms with Crippen molar-refractivity contribution in [2.45, 2.75) is 24.4 Å². The molecule has 0 aliphatic carbocycles. The molecule has 0 fully saturated rings. The molecule has 122 valence electrons. The van der Waals surface area contributed by atoms with E-state index in [0.29, 0.717) is 0 Å². The molecule has 5 N–H and O–H groups in total. The molecule has 0 spiro atoms. The van der Waals surface area contributed by atoms with Gasteiger partial charge >= 0.3 is 5.97 Å². The molecular formula is C15H20O7. The van der Waals surface area contributed by atoms with Crippen LogP contribution in [0.5, 0.6) is 0 Å².